The summed E-state index contributed by atoms with van der Waals surface area (Å²) in [5.74, 6) is -0.0524. The summed E-state index contributed by atoms with van der Waals surface area (Å²) in [6.45, 7) is 5.39. The molecule has 1 aromatic rings. The lowest BCUT2D eigenvalue weighted by Crippen LogP contribution is -2.56. The first-order valence-electron chi connectivity index (χ1n) is 6.47. The van der Waals surface area contributed by atoms with Crippen LogP contribution in [0.25, 0.3) is 0 Å². The van der Waals surface area contributed by atoms with Crippen LogP contribution in [-0.2, 0) is 4.79 Å². The smallest absolute Gasteiger partial charge is 0.260 e. The molecule has 1 amide bonds. The van der Waals surface area contributed by atoms with Gasteiger partial charge in [0, 0.05) is 31.2 Å². The van der Waals surface area contributed by atoms with Gasteiger partial charge in [-0.15, -0.1) is 0 Å². The molecule has 1 N–H and O–H groups in total. The van der Waals surface area contributed by atoms with Crippen molar-refractivity contribution in [1.82, 2.24) is 10.2 Å². The highest BCUT2D eigenvalue weighted by Crippen LogP contribution is 2.12. The number of amides is 1. The summed E-state index contributed by atoms with van der Waals surface area (Å²) in [6, 6.07) is 6.37. The number of benzene rings is 1. The average molecular weight is 266 g/mol. The van der Waals surface area contributed by atoms with Crippen molar-refractivity contribution in [2.45, 2.75) is 25.9 Å². The van der Waals surface area contributed by atoms with E-state index in [-0.39, 0.29) is 30.4 Å². The Kier molecular flexibility index (Phi) is 4.37. The van der Waals surface area contributed by atoms with Gasteiger partial charge in [0.05, 0.1) is 0 Å². The molecule has 0 radical (unpaired) electrons. The zero-order valence-corrected chi connectivity index (χ0v) is 11.2. The molecule has 19 heavy (non-hydrogen) atoms. The molecule has 0 aliphatic carbocycles. The summed E-state index contributed by atoms with van der Waals surface area (Å²) in [5.41, 5.74) is 0. The minimum Gasteiger partial charge on any atom is -0.484 e. The summed E-state index contributed by atoms with van der Waals surface area (Å²) >= 11 is 0. The molecule has 4 nitrogen and oxygen atoms in total. The molecule has 0 spiro atoms. The summed E-state index contributed by atoms with van der Waals surface area (Å²) in [6.07, 6.45) is 0. The van der Waals surface area contributed by atoms with E-state index < -0.39 is 0 Å². The van der Waals surface area contributed by atoms with Crippen molar-refractivity contribution in [2.24, 2.45) is 0 Å². The molecule has 0 unspecified atom stereocenters. The number of hydrogen-bond acceptors (Lipinski definition) is 3. The van der Waals surface area contributed by atoms with Gasteiger partial charge in [-0.3, -0.25) is 4.79 Å². The normalized spacial score (nSPS) is 23.2. The van der Waals surface area contributed by atoms with Crippen molar-refractivity contribution in [3.63, 3.8) is 0 Å². The molecule has 2 atom stereocenters. The summed E-state index contributed by atoms with van der Waals surface area (Å²) in [5, 5.41) is 3.36. The number of rotatable bonds is 3. The van der Waals surface area contributed by atoms with Gasteiger partial charge in [0.15, 0.2) is 6.61 Å². The number of piperazine rings is 1. The highest BCUT2D eigenvalue weighted by atomic mass is 19.1. The number of hydrogen-bond donors (Lipinski definition) is 1. The van der Waals surface area contributed by atoms with E-state index in [1.807, 2.05) is 13.8 Å². The largest absolute Gasteiger partial charge is 0.484 e. The van der Waals surface area contributed by atoms with Crippen molar-refractivity contribution in [1.29, 1.82) is 0 Å². The number of carbonyl (C=O) groups is 1. The van der Waals surface area contributed by atoms with E-state index in [0.29, 0.717) is 18.8 Å². The minimum atomic E-state index is -0.366. The van der Waals surface area contributed by atoms with Gasteiger partial charge in [-0.2, -0.15) is 0 Å². The van der Waals surface area contributed by atoms with Gasteiger partial charge < -0.3 is 15.0 Å². The lowest BCUT2D eigenvalue weighted by molar-refractivity contribution is -0.135. The number of ether oxygens (including phenoxy) is 1. The fourth-order valence-electron chi connectivity index (χ4n) is 2.32. The lowest BCUT2D eigenvalue weighted by atomic mass is 10.1. The van der Waals surface area contributed by atoms with E-state index in [2.05, 4.69) is 5.32 Å². The first kappa shape index (κ1) is 13.8. The predicted octanol–water partition coefficient (Wildman–Crippen LogP) is 1.41. The molecular weight excluding hydrogens is 247 g/mol. The van der Waals surface area contributed by atoms with E-state index >= 15 is 0 Å². The molecule has 1 aliphatic rings. The van der Waals surface area contributed by atoms with Gasteiger partial charge in [-0.1, -0.05) is 6.07 Å². The molecule has 0 bridgehead atoms. The van der Waals surface area contributed by atoms with Crippen LogP contribution in [0.1, 0.15) is 13.8 Å². The third-order valence-electron chi connectivity index (χ3n) is 3.07. The van der Waals surface area contributed by atoms with E-state index in [4.69, 9.17) is 4.74 Å². The second-order valence-corrected chi connectivity index (χ2v) is 5.01. The SMILES string of the molecule is C[C@H]1CN(C(=O)COc2cccc(F)c2)C[C@H](C)N1. The zero-order valence-electron chi connectivity index (χ0n) is 11.2. The maximum Gasteiger partial charge on any atom is 0.260 e. The number of carbonyl (C=O) groups excluding carboxylic acids is 1. The van der Waals surface area contributed by atoms with Crippen molar-refractivity contribution >= 4 is 5.91 Å². The number of halogens is 1. The van der Waals surface area contributed by atoms with E-state index in [1.54, 1.807) is 17.0 Å². The average Bonchev–Trinajstić information content (AvgIpc) is 2.35. The molecule has 1 saturated heterocycles. The van der Waals surface area contributed by atoms with Gasteiger partial charge >= 0.3 is 0 Å². The topological polar surface area (TPSA) is 41.6 Å². The molecule has 1 aliphatic heterocycles. The van der Waals surface area contributed by atoms with E-state index in [9.17, 15) is 9.18 Å². The van der Waals surface area contributed by atoms with Crippen LogP contribution in [0.5, 0.6) is 5.75 Å². The van der Waals surface area contributed by atoms with Crippen LogP contribution in [-0.4, -0.2) is 42.6 Å². The van der Waals surface area contributed by atoms with Crippen molar-refractivity contribution < 1.29 is 13.9 Å². The molecule has 2 rings (SSSR count). The summed E-state index contributed by atoms with van der Waals surface area (Å²) in [7, 11) is 0. The monoisotopic (exact) mass is 266 g/mol. The molecule has 0 aromatic heterocycles. The van der Waals surface area contributed by atoms with E-state index in [0.717, 1.165) is 0 Å². The highest BCUT2D eigenvalue weighted by molar-refractivity contribution is 5.78. The molecule has 1 heterocycles. The van der Waals surface area contributed by atoms with Gasteiger partial charge in [0.25, 0.3) is 5.91 Å². The first-order chi connectivity index (χ1) is 9.04. The van der Waals surface area contributed by atoms with Gasteiger partial charge in [-0.25, -0.2) is 4.39 Å². The van der Waals surface area contributed by atoms with Crippen LogP contribution in [0.15, 0.2) is 24.3 Å². The van der Waals surface area contributed by atoms with Gasteiger partial charge in [0.1, 0.15) is 11.6 Å². The third-order valence-corrected chi connectivity index (χ3v) is 3.07. The quantitative estimate of drug-likeness (QED) is 0.899. The van der Waals surface area contributed by atoms with Crippen molar-refractivity contribution in [2.75, 3.05) is 19.7 Å². The molecule has 0 saturated carbocycles. The Hall–Kier alpha value is -1.62. The maximum atomic E-state index is 13.0. The Morgan fingerprint density at radius 1 is 1.42 bits per heavy atom. The van der Waals surface area contributed by atoms with Crippen LogP contribution < -0.4 is 10.1 Å². The Morgan fingerprint density at radius 2 is 2.11 bits per heavy atom. The molecule has 5 heteroatoms. The van der Waals surface area contributed by atoms with Crippen LogP contribution in [0.4, 0.5) is 4.39 Å². The summed E-state index contributed by atoms with van der Waals surface area (Å²) < 4.78 is 18.3. The summed E-state index contributed by atoms with van der Waals surface area (Å²) in [4.78, 5) is 13.8. The Balaban J connectivity index is 1.87. The van der Waals surface area contributed by atoms with Crippen molar-refractivity contribution in [3.8, 4) is 5.75 Å². The minimum absolute atomic E-state index is 0.0527. The zero-order chi connectivity index (χ0) is 13.8. The van der Waals surface area contributed by atoms with Crippen LogP contribution in [0, 0.1) is 5.82 Å². The predicted molar refractivity (Wildman–Crippen MR) is 70.5 cm³/mol. The number of nitrogens with zero attached hydrogens (tertiary/aromatic N) is 1. The lowest BCUT2D eigenvalue weighted by Gasteiger charge is -2.36. The fourth-order valence-corrected chi connectivity index (χ4v) is 2.32. The van der Waals surface area contributed by atoms with Gasteiger partial charge in [-0.05, 0) is 26.0 Å². The molecule has 1 aromatic carbocycles. The Morgan fingerprint density at radius 3 is 2.74 bits per heavy atom. The van der Waals surface area contributed by atoms with E-state index in [1.165, 1.54) is 12.1 Å². The molecule has 1 fully saturated rings. The standard InChI is InChI=1S/C14H19FN2O2/c1-10-7-17(8-11(2)16-10)14(18)9-19-13-5-3-4-12(15)6-13/h3-6,10-11,16H,7-9H2,1-2H3/t10-,11-/m0/s1. The second-order valence-electron chi connectivity index (χ2n) is 5.01. The molecule has 104 valence electrons. The van der Waals surface area contributed by atoms with Crippen molar-refractivity contribution in [3.05, 3.63) is 30.1 Å². The van der Waals surface area contributed by atoms with Crippen LogP contribution >= 0.6 is 0 Å². The van der Waals surface area contributed by atoms with Crippen LogP contribution in [0.3, 0.4) is 0 Å². The maximum absolute atomic E-state index is 13.0. The Labute approximate surface area is 112 Å². The van der Waals surface area contributed by atoms with Gasteiger partial charge in [0.2, 0.25) is 0 Å². The third kappa shape index (κ3) is 3.92. The highest BCUT2D eigenvalue weighted by Gasteiger charge is 2.24. The van der Waals surface area contributed by atoms with Crippen LogP contribution in [0.2, 0.25) is 0 Å². The second kappa shape index (κ2) is 6.02. The molecular formula is C14H19FN2O2. The first-order valence-corrected chi connectivity index (χ1v) is 6.47. The fraction of sp³-hybridized carbons (Fsp3) is 0.500. The number of nitrogens with one attached hydrogen (secondary N) is 1. The Bertz CT molecular complexity index is 443.